The highest BCUT2D eigenvalue weighted by molar-refractivity contribution is 5.95. The number of rotatable bonds is 5. The predicted molar refractivity (Wildman–Crippen MR) is 148 cm³/mol. The summed E-state index contributed by atoms with van der Waals surface area (Å²) in [7, 11) is 0. The summed E-state index contributed by atoms with van der Waals surface area (Å²) in [5.74, 6) is 0.597. The number of carbonyl (C=O) groups is 2. The standard InChI is InChI=1S/C31H40N4O4/c32-28-26(22-6-3-1-2-4-7-22)27(33-39-28)25-9-5-8-24(20-25)21-10-12-23(13-11-21)29(36)34-16-18-35(19-17-34)30(37)31(38)14-15-31/h5,8-13,20,22,26-28,33,38H,1-4,6-7,14-19,32H2. The van der Waals surface area contributed by atoms with Crippen molar-refractivity contribution >= 4 is 11.8 Å². The van der Waals surface area contributed by atoms with Crippen molar-refractivity contribution in [3.8, 4) is 11.1 Å². The molecule has 3 atom stereocenters. The van der Waals surface area contributed by atoms with Crippen LogP contribution in [0.2, 0.25) is 0 Å². The van der Waals surface area contributed by atoms with Crippen LogP contribution in [0.25, 0.3) is 11.1 Å². The van der Waals surface area contributed by atoms with Gasteiger partial charge < -0.3 is 20.6 Å². The van der Waals surface area contributed by atoms with Crippen molar-refractivity contribution in [2.24, 2.45) is 17.6 Å². The number of hydrogen-bond acceptors (Lipinski definition) is 6. The second kappa shape index (κ2) is 11.0. The van der Waals surface area contributed by atoms with Gasteiger partial charge >= 0.3 is 0 Å². The summed E-state index contributed by atoms with van der Waals surface area (Å²) >= 11 is 0. The first-order valence-electron chi connectivity index (χ1n) is 14.6. The number of benzene rings is 2. The lowest BCUT2D eigenvalue weighted by molar-refractivity contribution is -0.143. The van der Waals surface area contributed by atoms with Crippen LogP contribution in [0.5, 0.6) is 0 Å². The molecule has 3 unspecified atom stereocenters. The fourth-order valence-corrected chi connectivity index (χ4v) is 6.66. The van der Waals surface area contributed by atoms with Crippen molar-refractivity contribution in [3.05, 3.63) is 59.7 Å². The zero-order chi connectivity index (χ0) is 27.0. The highest BCUT2D eigenvalue weighted by Gasteiger charge is 2.50. The molecular weight excluding hydrogens is 492 g/mol. The van der Waals surface area contributed by atoms with Gasteiger partial charge in [-0.3, -0.25) is 14.4 Å². The molecule has 8 heteroatoms. The van der Waals surface area contributed by atoms with Crippen LogP contribution in [0.1, 0.15) is 73.3 Å². The van der Waals surface area contributed by atoms with Gasteiger partial charge in [0.2, 0.25) is 0 Å². The second-order valence-corrected chi connectivity index (χ2v) is 11.8. The third-order valence-corrected chi connectivity index (χ3v) is 9.23. The maximum absolute atomic E-state index is 13.1. The number of amides is 2. The lowest BCUT2D eigenvalue weighted by atomic mass is 9.78. The lowest BCUT2D eigenvalue weighted by Crippen LogP contribution is -2.53. The molecule has 39 heavy (non-hydrogen) atoms. The topological polar surface area (TPSA) is 108 Å². The second-order valence-electron chi connectivity index (χ2n) is 11.8. The van der Waals surface area contributed by atoms with E-state index in [2.05, 4.69) is 29.7 Å². The molecule has 0 bridgehead atoms. The summed E-state index contributed by atoms with van der Waals surface area (Å²) in [6, 6.07) is 16.4. The van der Waals surface area contributed by atoms with E-state index in [1.807, 2.05) is 24.3 Å². The van der Waals surface area contributed by atoms with Crippen molar-refractivity contribution in [2.75, 3.05) is 26.2 Å². The van der Waals surface area contributed by atoms with Gasteiger partial charge in [-0.2, -0.15) is 5.48 Å². The van der Waals surface area contributed by atoms with Crippen LogP contribution in [0.15, 0.2) is 48.5 Å². The van der Waals surface area contributed by atoms with Crippen LogP contribution >= 0.6 is 0 Å². The molecular formula is C31H40N4O4. The summed E-state index contributed by atoms with van der Waals surface area (Å²) in [5.41, 5.74) is 12.5. The van der Waals surface area contributed by atoms with Crippen molar-refractivity contribution in [1.82, 2.24) is 15.3 Å². The Morgan fingerprint density at radius 2 is 1.56 bits per heavy atom. The molecule has 2 amide bonds. The quantitative estimate of drug-likeness (QED) is 0.508. The first-order chi connectivity index (χ1) is 18.9. The smallest absolute Gasteiger partial charge is 0.254 e. The Bertz CT molecular complexity index is 1180. The lowest BCUT2D eigenvalue weighted by Gasteiger charge is -2.35. The Hall–Kier alpha value is -2.78. The molecule has 0 aromatic heterocycles. The average molecular weight is 533 g/mol. The predicted octanol–water partition coefficient (Wildman–Crippen LogP) is 3.61. The third kappa shape index (κ3) is 5.48. The first kappa shape index (κ1) is 26.4. The van der Waals surface area contributed by atoms with E-state index in [1.54, 1.807) is 9.80 Å². The largest absolute Gasteiger partial charge is 0.380 e. The SMILES string of the molecule is NC1ONC(c2cccc(-c3ccc(C(=O)N4CCN(C(=O)C5(O)CC5)CC4)cc3)c2)C1C1CCCCCC1. The third-order valence-electron chi connectivity index (χ3n) is 9.23. The molecule has 0 radical (unpaired) electrons. The molecule has 8 nitrogen and oxygen atoms in total. The number of nitrogens with two attached hydrogens (primary N) is 1. The number of hydroxylamine groups is 1. The fourth-order valence-electron chi connectivity index (χ4n) is 6.66. The molecule has 6 rings (SSSR count). The van der Waals surface area contributed by atoms with Gasteiger partial charge in [-0.1, -0.05) is 56.0 Å². The van der Waals surface area contributed by atoms with E-state index in [0.717, 1.165) is 11.1 Å². The van der Waals surface area contributed by atoms with Crippen LogP contribution in [-0.2, 0) is 9.63 Å². The number of nitrogens with zero attached hydrogens (tertiary/aromatic N) is 2. The number of piperazine rings is 1. The van der Waals surface area contributed by atoms with Crippen LogP contribution < -0.4 is 11.2 Å². The molecule has 0 spiro atoms. The molecule has 208 valence electrons. The normalized spacial score (nSPS) is 27.3. The molecule has 2 aliphatic heterocycles. The average Bonchev–Trinajstić information content (AvgIpc) is 3.70. The summed E-state index contributed by atoms with van der Waals surface area (Å²) in [6.07, 6.45) is 8.36. The molecule has 4 fully saturated rings. The number of hydrogen-bond donors (Lipinski definition) is 3. The minimum Gasteiger partial charge on any atom is -0.380 e. The van der Waals surface area contributed by atoms with Crippen LogP contribution in [0.3, 0.4) is 0 Å². The van der Waals surface area contributed by atoms with Gasteiger partial charge in [-0.25, -0.2) is 0 Å². The number of carbonyl (C=O) groups excluding carboxylic acids is 2. The van der Waals surface area contributed by atoms with Crippen LogP contribution in [-0.4, -0.2) is 64.7 Å². The maximum Gasteiger partial charge on any atom is 0.254 e. The van der Waals surface area contributed by atoms with Crippen molar-refractivity contribution < 1.29 is 19.5 Å². The van der Waals surface area contributed by atoms with Crippen LogP contribution in [0, 0.1) is 11.8 Å². The molecule has 2 aromatic carbocycles. The van der Waals surface area contributed by atoms with E-state index < -0.39 is 5.60 Å². The van der Waals surface area contributed by atoms with E-state index in [4.69, 9.17) is 10.6 Å². The maximum atomic E-state index is 13.1. The monoisotopic (exact) mass is 532 g/mol. The Morgan fingerprint density at radius 3 is 2.23 bits per heavy atom. The van der Waals surface area contributed by atoms with Crippen molar-refractivity contribution in [2.45, 2.75) is 69.2 Å². The zero-order valence-electron chi connectivity index (χ0n) is 22.6. The highest BCUT2D eigenvalue weighted by atomic mass is 16.7. The highest BCUT2D eigenvalue weighted by Crippen LogP contribution is 2.42. The summed E-state index contributed by atoms with van der Waals surface area (Å²) in [6.45, 7) is 1.88. The Labute approximate surface area is 230 Å². The number of aliphatic hydroxyl groups is 1. The van der Waals surface area contributed by atoms with E-state index >= 15 is 0 Å². The van der Waals surface area contributed by atoms with Gasteiger partial charge in [0.15, 0.2) is 0 Å². The fraction of sp³-hybridized carbons (Fsp3) is 0.548. The molecule has 2 aromatic rings. The van der Waals surface area contributed by atoms with E-state index in [9.17, 15) is 14.7 Å². The van der Waals surface area contributed by atoms with Gasteiger partial charge in [-0.05, 0) is 66.5 Å². The van der Waals surface area contributed by atoms with E-state index in [0.29, 0.717) is 50.5 Å². The van der Waals surface area contributed by atoms with Gasteiger partial charge in [0.25, 0.3) is 11.8 Å². The molecule has 2 saturated carbocycles. The summed E-state index contributed by atoms with van der Waals surface area (Å²) in [4.78, 5) is 34.8. The number of nitrogens with one attached hydrogen (secondary N) is 1. The van der Waals surface area contributed by atoms with Crippen molar-refractivity contribution in [3.63, 3.8) is 0 Å². The minimum atomic E-state index is -1.15. The minimum absolute atomic E-state index is 0.0277. The summed E-state index contributed by atoms with van der Waals surface area (Å²) < 4.78 is 0. The molecule has 2 heterocycles. The van der Waals surface area contributed by atoms with Gasteiger partial charge in [0, 0.05) is 37.7 Å². The molecule has 4 N–H and O–H groups in total. The van der Waals surface area contributed by atoms with Gasteiger partial charge in [0.05, 0.1) is 6.04 Å². The zero-order valence-corrected chi connectivity index (χ0v) is 22.6. The van der Waals surface area contributed by atoms with E-state index in [-0.39, 0.29) is 30.0 Å². The van der Waals surface area contributed by atoms with E-state index in [1.165, 1.54) is 44.1 Å². The molecule has 4 aliphatic rings. The summed E-state index contributed by atoms with van der Waals surface area (Å²) in [5, 5.41) is 10.1. The molecule has 2 aliphatic carbocycles. The Morgan fingerprint density at radius 1 is 0.897 bits per heavy atom. The first-order valence-corrected chi connectivity index (χ1v) is 14.6. The van der Waals surface area contributed by atoms with Crippen LogP contribution in [0.4, 0.5) is 0 Å². The molecule has 2 saturated heterocycles. The van der Waals surface area contributed by atoms with Gasteiger partial charge in [-0.15, -0.1) is 0 Å². The Kier molecular flexibility index (Phi) is 7.46. The van der Waals surface area contributed by atoms with Gasteiger partial charge in [0.1, 0.15) is 11.8 Å². The Balaban J connectivity index is 1.12. The van der Waals surface area contributed by atoms with Crippen molar-refractivity contribution in [1.29, 1.82) is 0 Å².